The molecule has 2 aromatic carbocycles. The quantitative estimate of drug-likeness (QED) is 0.891. The summed E-state index contributed by atoms with van der Waals surface area (Å²) in [4.78, 5) is 12.7. The first-order valence-electron chi connectivity index (χ1n) is 8.10. The molecule has 1 amide bonds. The lowest BCUT2D eigenvalue weighted by Crippen LogP contribution is -2.26. The Labute approximate surface area is 136 Å². The lowest BCUT2D eigenvalue weighted by Gasteiger charge is -2.25. The highest BCUT2D eigenvalue weighted by molar-refractivity contribution is 5.96. The zero-order chi connectivity index (χ0) is 16.1. The van der Waals surface area contributed by atoms with Crippen molar-refractivity contribution in [1.82, 2.24) is 5.32 Å². The maximum Gasteiger partial charge on any atom is 0.232 e. The first-order valence-corrected chi connectivity index (χ1v) is 8.10. The van der Waals surface area contributed by atoms with E-state index in [1.165, 1.54) is 0 Å². The van der Waals surface area contributed by atoms with Gasteiger partial charge in [-0.25, -0.2) is 0 Å². The van der Waals surface area contributed by atoms with Crippen molar-refractivity contribution >= 4 is 11.6 Å². The molecule has 2 aromatic rings. The largest absolute Gasteiger partial charge is 0.493 e. The summed E-state index contributed by atoms with van der Waals surface area (Å²) in [5.74, 6) is 0.693. The molecule has 1 atom stereocenters. The van der Waals surface area contributed by atoms with Crippen molar-refractivity contribution in [3.63, 3.8) is 0 Å². The Hall–Kier alpha value is -2.33. The minimum atomic E-state index is -0.155. The lowest BCUT2D eigenvalue weighted by atomic mass is 9.92. The SMILES string of the molecule is CCNCc1cccc(NC(=O)C2CCOc3ccccc32)c1. The molecular weight excluding hydrogens is 288 g/mol. The zero-order valence-corrected chi connectivity index (χ0v) is 13.3. The molecule has 0 fully saturated rings. The number of hydrogen-bond acceptors (Lipinski definition) is 3. The van der Waals surface area contributed by atoms with Gasteiger partial charge in [-0.05, 0) is 36.7 Å². The first-order chi connectivity index (χ1) is 11.3. The van der Waals surface area contributed by atoms with Crippen LogP contribution in [0, 0.1) is 0 Å². The molecular formula is C19H22N2O2. The second-order valence-corrected chi connectivity index (χ2v) is 5.70. The van der Waals surface area contributed by atoms with Gasteiger partial charge in [0.25, 0.3) is 0 Å². The van der Waals surface area contributed by atoms with Gasteiger partial charge < -0.3 is 15.4 Å². The molecule has 1 aliphatic heterocycles. The van der Waals surface area contributed by atoms with E-state index in [2.05, 4.69) is 23.6 Å². The molecule has 23 heavy (non-hydrogen) atoms. The number of hydrogen-bond donors (Lipinski definition) is 2. The Balaban J connectivity index is 1.73. The summed E-state index contributed by atoms with van der Waals surface area (Å²) in [5.41, 5.74) is 2.98. The second-order valence-electron chi connectivity index (χ2n) is 5.70. The van der Waals surface area contributed by atoms with Gasteiger partial charge >= 0.3 is 0 Å². The molecule has 0 bridgehead atoms. The number of nitrogens with one attached hydrogen (secondary N) is 2. The fourth-order valence-electron chi connectivity index (χ4n) is 2.87. The molecule has 0 aromatic heterocycles. The fourth-order valence-corrected chi connectivity index (χ4v) is 2.87. The van der Waals surface area contributed by atoms with Gasteiger partial charge in [-0.15, -0.1) is 0 Å². The maximum absolute atomic E-state index is 12.7. The zero-order valence-electron chi connectivity index (χ0n) is 13.3. The summed E-state index contributed by atoms with van der Waals surface area (Å²) in [5, 5.41) is 6.34. The highest BCUT2D eigenvalue weighted by Crippen LogP contribution is 2.34. The predicted molar refractivity (Wildman–Crippen MR) is 91.7 cm³/mol. The number of ether oxygens (including phenoxy) is 1. The van der Waals surface area contributed by atoms with Crippen LogP contribution in [0.15, 0.2) is 48.5 Å². The van der Waals surface area contributed by atoms with Gasteiger partial charge in [0.1, 0.15) is 5.75 Å². The summed E-state index contributed by atoms with van der Waals surface area (Å²) in [7, 11) is 0. The molecule has 0 spiro atoms. The van der Waals surface area contributed by atoms with Crippen molar-refractivity contribution in [2.24, 2.45) is 0 Å². The lowest BCUT2D eigenvalue weighted by molar-refractivity contribution is -0.118. The van der Waals surface area contributed by atoms with Gasteiger partial charge in [0.15, 0.2) is 0 Å². The van der Waals surface area contributed by atoms with E-state index in [0.29, 0.717) is 13.0 Å². The molecule has 0 saturated heterocycles. The third-order valence-corrected chi connectivity index (χ3v) is 4.05. The van der Waals surface area contributed by atoms with Crippen LogP contribution >= 0.6 is 0 Å². The fraction of sp³-hybridized carbons (Fsp3) is 0.316. The van der Waals surface area contributed by atoms with E-state index in [9.17, 15) is 4.79 Å². The standard InChI is InChI=1S/C19H22N2O2/c1-2-20-13-14-6-5-7-15(12-14)21-19(22)17-10-11-23-18-9-4-3-8-16(17)18/h3-9,12,17,20H,2,10-11,13H2,1H3,(H,21,22). The Morgan fingerprint density at radius 1 is 1.22 bits per heavy atom. The number of rotatable bonds is 5. The molecule has 2 N–H and O–H groups in total. The number of fused-ring (bicyclic) bond motifs is 1. The van der Waals surface area contributed by atoms with Crippen LogP contribution < -0.4 is 15.4 Å². The molecule has 3 rings (SSSR count). The van der Waals surface area contributed by atoms with Crippen molar-refractivity contribution in [1.29, 1.82) is 0 Å². The van der Waals surface area contributed by atoms with E-state index in [4.69, 9.17) is 4.74 Å². The van der Waals surface area contributed by atoms with E-state index >= 15 is 0 Å². The van der Waals surface area contributed by atoms with Crippen molar-refractivity contribution in [3.8, 4) is 5.75 Å². The van der Waals surface area contributed by atoms with Crippen LogP contribution in [0.25, 0.3) is 0 Å². The molecule has 4 heteroatoms. The minimum absolute atomic E-state index is 0.0290. The van der Waals surface area contributed by atoms with Crippen LogP contribution in [0.3, 0.4) is 0 Å². The Bertz CT molecular complexity index is 685. The molecule has 0 saturated carbocycles. The number of carbonyl (C=O) groups excluding carboxylic acids is 1. The third-order valence-electron chi connectivity index (χ3n) is 4.05. The topological polar surface area (TPSA) is 50.4 Å². The highest BCUT2D eigenvalue weighted by atomic mass is 16.5. The Kier molecular flexibility index (Phi) is 4.93. The van der Waals surface area contributed by atoms with E-state index < -0.39 is 0 Å². The molecule has 1 unspecified atom stereocenters. The van der Waals surface area contributed by atoms with Gasteiger partial charge in [0, 0.05) is 17.8 Å². The van der Waals surface area contributed by atoms with E-state index in [1.54, 1.807) is 0 Å². The van der Waals surface area contributed by atoms with Crippen molar-refractivity contribution < 1.29 is 9.53 Å². The highest BCUT2D eigenvalue weighted by Gasteiger charge is 2.27. The van der Waals surface area contributed by atoms with Gasteiger partial charge in [-0.3, -0.25) is 4.79 Å². The summed E-state index contributed by atoms with van der Waals surface area (Å²) in [6, 6.07) is 15.8. The summed E-state index contributed by atoms with van der Waals surface area (Å²) in [6.45, 7) is 4.39. The monoisotopic (exact) mass is 310 g/mol. The number of benzene rings is 2. The third kappa shape index (κ3) is 3.71. The van der Waals surface area contributed by atoms with Crippen LogP contribution in [0.1, 0.15) is 30.4 Å². The van der Waals surface area contributed by atoms with E-state index in [1.807, 2.05) is 42.5 Å². The molecule has 1 aliphatic rings. The van der Waals surface area contributed by atoms with E-state index in [0.717, 1.165) is 35.7 Å². The summed E-state index contributed by atoms with van der Waals surface area (Å²) in [6.07, 6.45) is 0.708. The van der Waals surface area contributed by atoms with Crippen LogP contribution in [-0.4, -0.2) is 19.1 Å². The molecule has 0 aliphatic carbocycles. The van der Waals surface area contributed by atoms with Crippen LogP contribution in [0.2, 0.25) is 0 Å². The number of para-hydroxylation sites is 1. The normalized spacial score (nSPS) is 16.3. The van der Waals surface area contributed by atoms with Gasteiger partial charge in [0.05, 0.1) is 12.5 Å². The summed E-state index contributed by atoms with van der Waals surface area (Å²) >= 11 is 0. The molecule has 0 radical (unpaired) electrons. The number of carbonyl (C=O) groups is 1. The maximum atomic E-state index is 12.7. The average molecular weight is 310 g/mol. The predicted octanol–water partition coefficient (Wildman–Crippen LogP) is 3.30. The molecule has 120 valence electrons. The van der Waals surface area contributed by atoms with E-state index in [-0.39, 0.29) is 11.8 Å². The summed E-state index contributed by atoms with van der Waals surface area (Å²) < 4.78 is 5.63. The van der Waals surface area contributed by atoms with Crippen molar-refractivity contribution in [2.45, 2.75) is 25.8 Å². The van der Waals surface area contributed by atoms with Crippen LogP contribution in [0.4, 0.5) is 5.69 Å². The number of amides is 1. The Morgan fingerprint density at radius 2 is 2.09 bits per heavy atom. The van der Waals surface area contributed by atoms with Gasteiger partial charge in [-0.2, -0.15) is 0 Å². The second kappa shape index (κ2) is 7.29. The average Bonchev–Trinajstić information content (AvgIpc) is 2.59. The Morgan fingerprint density at radius 3 is 2.96 bits per heavy atom. The smallest absolute Gasteiger partial charge is 0.232 e. The molecule has 1 heterocycles. The van der Waals surface area contributed by atoms with Crippen molar-refractivity contribution in [3.05, 3.63) is 59.7 Å². The van der Waals surface area contributed by atoms with Gasteiger partial charge in [-0.1, -0.05) is 37.3 Å². The molecule has 4 nitrogen and oxygen atoms in total. The van der Waals surface area contributed by atoms with Crippen molar-refractivity contribution in [2.75, 3.05) is 18.5 Å². The van der Waals surface area contributed by atoms with Crippen LogP contribution in [-0.2, 0) is 11.3 Å². The van der Waals surface area contributed by atoms with Crippen LogP contribution in [0.5, 0.6) is 5.75 Å². The number of anilines is 1. The minimum Gasteiger partial charge on any atom is -0.493 e. The first kappa shape index (κ1) is 15.6. The van der Waals surface area contributed by atoms with Gasteiger partial charge in [0.2, 0.25) is 5.91 Å².